The SMILES string of the molecule is Cc1ccn2c(NC(=O)c3ccccc3C)c(-c3ccc(F)cc3)nc2c1. The molecule has 0 aliphatic heterocycles. The molecule has 4 aromatic rings. The number of hydrogen-bond donors (Lipinski definition) is 1. The van der Waals surface area contributed by atoms with Gasteiger partial charge >= 0.3 is 0 Å². The van der Waals surface area contributed by atoms with Crippen molar-refractivity contribution in [2.75, 3.05) is 5.32 Å². The van der Waals surface area contributed by atoms with Gasteiger partial charge in [-0.05, 0) is 67.4 Å². The van der Waals surface area contributed by atoms with Crippen LogP contribution >= 0.6 is 0 Å². The van der Waals surface area contributed by atoms with Crippen molar-refractivity contribution >= 4 is 17.4 Å². The summed E-state index contributed by atoms with van der Waals surface area (Å²) in [5, 5.41) is 2.99. The second-order valence-electron chi connectivity index (χ2n) is 6.52. The van der Waals surface area contributed by atoms with Crippen molar-refractivity contribution in [3.05, 3.63) is 89.4 Å². The van der Waals surface area contributed by atoms with E-state index < -0.39 is 0 Å². The number of nitrogens with zero attached hydrogens (tertiary/aromatic N) is 2. The highest BCUT2D eigenvalue weighted by atomic mass is 19.1. The molecule has 2 heterocycles. The molecule has 2 aromatic heterocycles. The number of aromatic nitrogens is 2. The molecule has 2 aromatic carbocycles. The van der Waals surface area contributed by atoms with E-state index >= 15 is 0 Å². The van der Waals surface area contributed by atoms with Crippen LogP contribution in [0.25, 0.3) is 16.9 Å². The first-order valence-electron chi connectivity index (χ1n) is 8.64. The molecule has 0 unspecified atom stereocenters. The lowest BCUT2D eigenvalue weighted by Gasteiger charge is -2.10. The Labute approximate surface area is 156 Å². The van der Waals surface area contributed by atoms with E-state index in [1.807, 2.05) is 54.8 Å². The van der Waals surface area contributed by atoms with Gasteiger partial charge in [-0.3, -0.25) is 9.20 Å². The third-order valence-corrected chi connectivity index (χ3v) is 4.52. The number of anilines is 1. The van der Waals surface area contributed by atoms with Crippen molar-refractivity contribution in [3.8, 4) is 11.3 Å². The zero-order valence-corrected chi connectivity index (χ0v) is 15.0. The van der Waals surface area contributed by atoms with Gasteiger partial charge in [-0.25, -0.2) is 9.37 Å². The lowest BCUT2D eigenvalue weighted by molar-refractivity contribution is 0.102. The number of amides is 1. The topological polar surface area (TPSA) is 46.4 Å². The number of nitrogens with one attached hydrogen (secondary N) is 1. The van der Waals surface area contributed by atoms with Crippen molar-refractivity contribution in [3.63, 3.8) is 0 Å². The quantitative estimate of drug-likeness (QED) is 0.559. The van der Waals surface area contributed by atoms with Gasteiger partial charge in [0.15, 0.2) is 0 Å². The van der Waals surface area contributed by atoms with Gasteiger partial charge in [-0.1, -0.05) is 18.2 Å². The first kappa shape index (κ1) is 17.0. The molecule has 27 heavy (non-hydrogen) atoms. The minimum Gasteiger partial charge on any atom is -0.306 e. The van der Waals surface area contributed by atoms with E-state index in [4.69, 9.17) is 0 Å². The summed E-state index contributed by atoms with van der Waals surface area (Å²) in [7, 11) is 0. The normalized spacial score (nSPS) is 10.9. The predicted molar refractivity (Wildman–Crippen MR) is 104 cm³/mol. The Hall–Kier alpha value is -3.47. The molecule has 0 atom stereocenters. The molecule has 0 spiro atoms. The zero-order chi connectivity index (χ0) is 19.0. The first-order valence-corrected chi connectivity index (χ1v) is 8.64. The Kier molecular flexibility index (Phi) is 4.20. The summed E-state index contributed by atoms with van der Waals surface area (Å²) in [6, 6.07) is 17.4. The third-order valence-electron chi connectivity index (χ3n) is 4.52. The summed E-state index contributed by atoms with van der Waals surface area (Å²) in [5.41, 5.74) is 4.61. The fourth-order valence-electron chi connectivity index (χ4n) is 3.08. The van der Waals surface area contributed by atoms with Crippen molar-refractivity contribution in [1.29, 1.82) is 0 Å². The number of fused-ring (bicyclic) bond motifs is 1. The Morgan fingerprint density at radius 1 is 1.04 bits per heavy atom. The van der Waals surface area contributed by atoms with Crippen LogP contribution in [-0.4, -0.2) is 15.3 Å². The van der Waals surface area contributed by atoms with Crippen LogP contribution in [0.2, 0.25) is 0 Å². The molecule has 0 fully saturated rings. The highest BCUT2D eigenvalue weighted by molar-refractivity contribution is 6.06. The van der Waals surface area contributed by atoms with E-state index in [0.717, 1.165) is 22.3 Å². The summed E-state index contributed by atoms with van der Waals surface area (Å²) in [6.07, 6.45) is 1.87. The number of carbonyl (C=O) groups is 1. The van der Waals surface area contributed by atoms with E-state index in [9.17, 15) is 9.18 Å². The van der Waals surface area contributed by atoms with Crippen LogP contribution in [0.4, 0.5) is 10.2 Å². The van der Waals surface area contributed by atoms with E-state index in [1.165, 1.54) is 12.1 Å². The highest BCUT2D eigenvalue weighted by Crippen LogP contribution is 2.30. The molecular weight excluding hydrogens is 341 g/mol. The fraction of sp³-hybridized carbons (Fsp3) is 0.0909. The van der Waals surface area contributed by atoms with Crippen LogP contribution in [0.3, 0.4) is 0 Å². The Bertz CT molecular complexity index is 1150. The molecule has 0 radical (unpaired) electrons. The van der Waals surface area contributed by atoms with E-state index in [0.29, 0.717) is 17.1 Å². The number of rotatable bonds is 3. The number of halogens is 1. The number of hydrogen-bond acceptors (Lipinski definition) is 2. The number of imidazole rings is 1. The van der Waals surface area contributed by atoms with Gasteiger partial charge in [-0.2, -0.15) is 0 Å². The van der Waals surface area contributed by atoms with Gasteiger partial charge in [0.25, 0.3) is 5.91 Å². The average molecular weight is 359 g/mol. The van der Waals surface area contributed by atoms with Crippen LogP contribution < -0.4 is 5.32 Å². The van der Waals surface area contributed by atoms with Gasteiger partial charge in [0, 0.05) is 17.3 Å². The van der Waals surface area contributed by atoms with Crippen LogP contribution in [0.5, 0.6) is 0 Å². The summed E-state index contributed by atoms with van der Waals surface area (Å²) in [4.78, 5) is 17.5. The fourth-order valence-corrected chi connectivity index (χ4v) is 3.08. The van der Waals surface area contributed by atoms with Gasteiger partial charge in [0.2, 0.25) is 0 Å². The van der Waals surface area contributed by atoms with Gasteiger partial charge < -0.3 is 5.32 Å². The number of aryl methyl sites for hydroxylation is 2. The maximum Gasteiger partial charge on any atom is 0.257 e. The predicted octanol–water partition coefficient (Wildman–Crippen LogP) is 5.01. The van der Waals surface area contributed by atoms with E-state index in [1.54, 1.807) is 18.2 Å². The molecule has 0 aliphatic carbocycles. The van der Waals surface area contributed by atoms with Crippen molar-refractivity contribution in [2.45, 2.75) is 13.8 Å². The smallest absolute Gasteiger partial charge is 0.257 e. The Morgan fingerprint density at radius 3 is 2.52 bits per heavy atom. The molecule has 0 saturated heterocycles. The second kappa shape index (κ2) is 6.68. The summed E-state index contributed by atoms with van der Waals surface area (Å²) in [6.45, 7) is 3.88. The standard InChI is InChI=1S/C22H18FN3O/c1-14-11-12-26-19(13-14)24-20(16-7-9-17(23)10-8-16)21(26)25-22(27)18-6-4-3-5-15(18)2/h3-13H,1-2H3,(H,25,27). The summed E-state index contributed by atoms with van der Waals surface area (Å²) in [5.74, 6) is 0.0348. The molecule has 4 nitrogen and oxygen atoms in total. The third kappa shape index (κ3) is 3.19. The monoisotopic (exact) mass is 359 g/mol. The van der Waals surface area contributed by atoms with Gasteiger partial charge in [-0.15, -0.1) is 0 Å². The zero-order valence-electron chi connectivity index (χ0n) is 15.0. The largest absolute Gasteiger partial charge is 0.306 e. The lowest BCUT2D eigenvalue weighted by Crippen LogP contribution is -2.15. The summed E-state index contributed by atoms with van der Waals surface area (Å²) < 4.78 is 15.2. The van der Waals surface area contributed by atoms with Crippen LogP contribution in [0, 0.1) is 19.7 Å². The molecular formula is C22H18FN3O. The van der Waals surface area contributed by atoms with Gasteiger partial charge in [0.05, 0.1) is 0 Å². The molecule has 134 valence electrons. The maximum absolute atomic E-state index is 13.3. The van der Waals surface area contributed by atoms with Crippen molar-refractivity contribution in [1.82, 2.24) is 9.38 Å². The molecule has 0 aliphatic rings. The molecule has 0 bridgehead atoms. The number of benzene rings is 2. The Morgan fingerprint density at radius 2 is 1.78 bits per heavy atom. The van der Waals surface area contributed by atoms with Crippen LogP contribution in [0.1, 0.15) is 21.5 Å². The number of carbonyl (C=O) groups excluding carboxylic acids is 1. The first-order chi connectivity index (χ1) is 13.0. The van der Waals surface area contributed by atoms with E-state index in [2.05, 4.69) is 10.3 Å². The maximum atomic E-state index is 13.3. The Balaban J connectivity index is 1.85. The number of pyridine rings is 1. The summed E-state index contributed by atoms with van der Waals surface area (Å²) >= 11 is 0. The molecule has 5 heteroatoms. The minimum absolute atomic E-state index is 0.209. The van der Waals surface area contributed by atoms with Crippen molar-refractivity contribution in [2.24, 2.45) is 0 Å². The second-order valence-corrected chi connectivity index (χ2v) is 6.52. The lowest BCUT2D eigenvalue weighted by atomic mass is 10.1. The molecule has 1 N–H and O–H groups in total. The molecule has 1 amide bonds. The van der Waals surface area contributed by atoms with Gasteiger partial charge in [0.1, 0.15) is 23.0 Å². The molecule has 4 rings (SSSR count). The van der Waals surface area contributed by atoms with Crippen molar-refractivity contribution < 1.29 is 9.18 Å². The van der Waals surface area contributed by atoms with Crippen LogP contribution in [0.15, 0.2) is 66.9 Å². The van der Waals surface area contributed by atoms with E-state index in [-0.39, 0.29) is 11.7 Å². The van der Waals surface area contributed by atoms with Crippen LogP contribution in [-0.2, 0) is 0 Å². The minimum atomic E-state index is -0.316. The highest BCUT2D eigenvalue weighted by Gasteiger charge is 2.18. The average Bonchev–Trinajstić information content (AvgIpc) is 3.00. The molecule has 0 saturated carbocycles.